The van der Waals surface area contributed by atoms with Crippen LogP contribution >= 0.6 is 0 Å². The summed E-state index contributed by atoms with van der Waals surface area (Å²) >= 11 is 0. The summed E-state index contributed by atoms with van der Waals surface area (Å²) < 4.78 is 0. The fraction of sp³-hybridized carbons (Fsp3) is 0.556. The van der Waals surface area contributed by atoms with Gasteiger partial charge >= 0.3 is 0 Å². The molecule has 1 heterocycles. The number of piperazine rings is 1. The summed E-state index contributed by atoms with van der Waals surface area (Å²) in [4.78, 5) is 27.2. The third kappa shape index (κ3) is 3.32. The second-order valence-corrected chi connectivity index (χ2v) is 7.45. The van der Waals surface area contributed by atoms with E-state index in [9.17, 15) is 9.59 Å². The Morgan fingerprint density at radius 1 is 1.14 bits per heavy atom. The van der Waals surface area contributed by atoms with Crippen molar-refractivity contribution >= 4 is 11.8 Å². The van der Waals surface area contributed by atoms with Crippen LogP contribution in [0.1, 0.15) is 40.2 Å². The molecule has 2 unspecified atom stereocenters. The summed E-state index contributed by atoms with van der Waals surface area (Å²) in [6, 6.07) is 8.95. The molecule has 1 fully saturated rings. The van der Waals surface area contributed by atoms with Gasteiger partial charge in [0.15, 0.2) is 0 Å². The summed E-state index contributed by atoms with van der Waals surface area (Å²) in [5, 5.41) is 2.92. The van der Waals surface area contributed by atoms with Gasteiger partial charge in [0.2, 0.25) is 11.8 Å². The lowest BCUT2D eigenvalue weighted by Crippen LogP contribution is -2.67. The maximum Gasteiger partial charge on any atom is 0.246 e. The zero-order valence-electron chi connectivity index (χ0n) is 14.1. The molecular weight excluding hydrogens is 276 g/mol. The molecule has 4 nitrogen and oxygen atoms in total. The van der Waals surface area contributed by atoms with Crippen molar-refractivity contribution in [2.75, 3.05) is 0 Å². The molecule has 0 radical (unpaired) electrons. The number of nitrogens with zero attached hydrogens (tertiary/aromatic N) is 1. The summed E-state index contributed by atoms with van der Waals surface area (Å²) in [6.07, 6.45) is 0. The summed E-state index contributed by atoms with van der Waals surface area (Å²) in [7, 11) is 0. The summed E-state index contributed by atoms with van der Waals surface area (Å²) in [5.41, 5.74) is 0.743. The first kappa shape index (κ1) is 16.5. The van der Waals surface area contributed by atoms with E-state index >= 15 is 0 Å². The molecule has 22 heavy (non-hydrogen) atoms. The van der Waals surface area contributed by atoms with E-state index in [2.05, 4.69) is 5.32 Å². The monoisotopic (exact) mass is 302 g/mol. The van der Waals surface area contributed by atoms with Gasteiger partial charge in [-0.3, -0.25) is 9.59 Å². The molecule has 4 heteroatoms. The summed E-state index contributed by atoms with van der Waals surface area (Å²) in [5.74, 6) is 0.0358. The number of carbonyl (C=O) groups is 2. The fourth-order valence-corrected chi connectivity index (χ4v) is 2.94. The lowest BCUT2D eigenvalue weighted by Gasteiger charge is -2.44. The van der Waals surface area contributed by atoms with Crippen molar-refractivity contribution in [1.29, 1.82) is 0 Å². The van der Waals surface area contributed by atoms with E-state index < -0.39 is 12.1 Å². The second-order valence-electron chi connectivity index (χ2n) is 7.45. The van der Waals surface area contributed by atoms with Gasteiger partial charge in [0.1, 0.15) is 12.1 Å². The minimum Gasteiger partial charge on any atom is -0.342 e. The van der Waals surface area contributed by atoms with Crippen molar-refractivity contribution < 1.29 is 9.59 Å². The minimum absolute atomic E-state index is 0.00894. The van der Waals surface area contributed by atoms with Crippen LogP contribution < -0.4 is 5.32 Å². The molecule has 2 rings (SSSR count). The number of hydrogen-bond acceptors (Lipinski definition) is 2. The number of hydrogen-bond donors (Lipinski definition) is 1. The van der Waals surface area contributed by atoms with Crippen LogP contribution in [0.4, 0.5) is 0 Å². The first-order valence-corrected chi connectivity index (χ1v) is 7.86. The predicted molar refractivity (Wildman–Crippen MR) is 87.0 cm³/mol. The maximum atomic E-state index is 12.9. The van der Waals surface area contributed by atoms with Gasteiger partial charge in [0.05, 0.1) is 0 Å². The van der Waals surface area contributed by atoms with E-state index in [1.165, 1.54) is 0 Å². The van der Waals surface area contributed by atoms with Crippen molar-refractivity contribution in [2.45, 2.75) is 53.2 Å². The highest BCUT2D eigenvalue weighted by atomic mass is 16.2. The molecule has 0 aliphatic carbocycles. The first-order valence-electron chi connectivity index (χ1n) is 7.86. The first-order chi connectivity index (χ1) is 10.2. The average Bonchev–Trinajstić information content (AvgIpc) is 2.42. The van der Waals surface area contributed by atoms with Crippen LogP contribution in [-0.2, 0) is 16.1 Å². The van der Waals surface area contributed by atoms with Crippen molar-refractivity contribution in [3.05, 3.63) is 35.9 Å². The average molecular weight is 302 g/mol. The number of amides is 2. The Labute approximate surface area is 132 Å². The van der Waals surface area contributed by atoms with E-state index in [-0.39, 0.29) is 23.1 Å². The van der Waals surface area contributed by atoms with E-state index in [0.717, 1.165) is 5.56 Å². The number of rotatable bonds is 3. The molecule has 1 aromatic rings. The number of benzene rings is 1. The van der Waals surface area contributed by atoms with Gasteiger partial charge in [-0.15, -0.1) is 0 Å². The van der Waals surface area contributed by atoms with Crippen LogP contribution in [0.25, 0.3) is 0 Å². The number of carbonyl (C=O) groups excluding carboxylic acids is 2. The zero-order chi connectivity index (χ0) is 16.5. The van der Waals surface area contributed by atoms with Crippen LogP contribution in [-0.4, -0.2) is 28.8 Å². The minimum atomic E-state index is -0.473. The molecule has 2 amide bonds. The Morgan fingerprint density at radius 2 is 1.73 bits per heavy atom. The van der Waals surface area contributed by atoms with Crippen molar-refractivity contribution in [1.82, 2.24) is 10.2 Å². The summed E-state index contributed by atoms with van der Waals surface area (Å²) in [6.45, 7) is 10.4. The Bertz CT molecular complexity index is 546. The van der Waals surface area contributed by atoms with Crippen molar-refractivity contribution in [2.24, 2.45) is 11.3 Å². The molecule has 0 saturated carbocycles. The van der Waals surface area contributed by atoms with Gasteiger partial charge in [-0.2, -0.15) is 0 Å². The normalized spacial score (nSPS) is 22.9. The van der Waals surface area contributed by atoms with Gasteiger partial charge in [0, 0.05) is 6.54 Å². The molecule has 2 atom stereocenters. The van der Waals surface area contributed by atoms with Crippen LogP contribution in [0, 0.1) is 11.3 Å². The Balaban J connectivity index is 2.34. The van der Waals surface area contributed by atoms with Crippen LogP contribution in [0.2, 0.25) is 0 Å². The SMILES string of the molecule is CC(C)C1C(=O)NC(C(C)(C)C)C(=O)N1Cc1ccccc1. The molecule has 0 spiro atoms. The lowest BCUT2D eigenvalue weighted by molar-refractivity contribution is -0.155. The predicted octanol–water partition coefficient (Wildman–Crippen LogP) is 2.58. The Morgan fingerprint density at radius 3 is 2.23 bits per heavy atom. The van der Waals surface area contributed by atoms with E-state index in [1.54, 1.807) is 4.90 Å². The van der Waals surface area contributed by atoms with Gasteiger partial charge in [-0.1, -0.05) is 65.0 Å². The third-order valence-corrected chi connectivity index (χ3v) is 4.11. The van der Waals surface area contributed by atoms with E-state index in [0.29, 0.717) is 6.54 Å². The molecule has 1 saturated heterocycles. The quantitative estimate of drug-likeness (QED) is 0.933. The molecule has 0 bridgehead atoms. The van der Waals surface area contributed by atoms with E-state index in [1.807, 2.05) is 65.0 Å². The van der Waals surface area contributed by atoms with E-state index in [4.69, 9.17) is 0 Å². The molecule has 1 aliphatic heterocycles. The lowest BCUT2D eigenvalue weighted by atomic mass is 9.82. The van der Waals surface area contributed by atoms with Crippen LogP contribution in [0.3, 0.4) is 0 Å². The van der Waals surface area contributed by atoms with Crippen LogP contribution in [0.5, 0.6) is 0 Å². The Hall–Kier alpha value is -1.84. The molecular formula is C18H26N2O2. The molecule has 1 aliphatic rings. The number of nitrogens with one attached hydrogen (secondary N) is 1. The largest absolute Gasteiger partial charge is 0.342 e. The molecule has 1 N–H and O–H groups in total. The molecule has 120 valence electrons. The maximum absolute atomic E-state index is 12.9. The highest BCUT2D eigenvalue weighted by molar-refractivity contribution is 5.97. The highest BCUT2D eigenvalue weighted by Crippen LogP contribution is 2.28. The second kappa shape index (κ2) is 6.11. The Kier molecular flexibility index (Phi) is 4.59. The third-order valence-electron chi connectivity index (χ3n) is 4.11. The molecule has 1 aromatic carbocycles. The fourth-order valence-electron chi connectivity index (χ4n) is 2.94. The van der Waals surface area contributed by atoms with Crippen molar-refractivity contribution in [3.8, 4) is 0 Å². The van der Waals surface area contributed by atoms with Crippen molar-refractivity contribution in [3.63, 3.8) is 0 Å². The van der Waals surface area contributed by atoms with Gasteiger partial charge in [-0.25, -0.2) is 0 Å². The standard InChI is InChI=1S/C18H26N2O2/c1-12(2)14-16(21)19-15(18(3,4)5)17(22)20(14)11-13-9-7-6-8-10-13/h6-10,12,14-15H,11H2,1-5H3,(H,19,21). The van der Waals surface area contributed by atoms with Crippen LogP contribution in [0.15, 0.2) is 30.3 Å². The molecule has 0 aromatic heterocycles. The smallest absolute Gasteiger partial charge is 0.246 e. The highest BCUT2D eigenvalue weighted by Gasteiger charge is 2.46. The van der Waals surface area contributed by atoms with Gasteiger partial charge in [-0.05, 0) is 16.9 Å². The van der Waals surface area contributed by atoms with Gasteiger partial charge in [0.25, 0.3) is 0 Å². The topological polar surface area (TPSA) is 49.4 Å². The zero-order valence-corrected chi connectivity index (χ0v) is 14.1. The van der Waals surface area contributed by atoms with Gasteiger partial charge < -0.3 is 10.2 Å².